The van der Waals surface area contributed by atoms with Gasteiger partial charge >= 0.3 is 0 Å². The molecule has 9 nitrogen and oxygen atoms in total. The number of aromatic nitrogens is 1. The van der Waals surface area contributed by atoms with Gasteiger partial charge in [-0.05, 0) is 98.5 Å². The molecule has 43 heavy (non-hydrogen) atoms. The molecule has 5 rings (SSSR count). The van der Waals surface area contributed by atoms with E-state index in [0.29, 0.717) is 45.1 Å². The molecule has 0 spiro atoms. The average Bonchev–Trinajstić information content (AvgIpc) is 3.38. The first-order chi connectivity index (χ1) is 20.3. The van der Waals surface area contributed by atoms with Crippen LogP contribution in [0.25, 0.3) is 33.4 Å². The number of sulfonamides is 1. The normalized spacial score (nSPS) is 11.7. The number of hydrogen-bond donors (Lipinski definition) is 2. The fourth-order valence-electron chi connectivity index (χ4n) is 5.21. The Morgan fingerprint density at radius 2 is 1.56 bits per heavy atom. The second kappa shape index (κ2) is 11.3. The van der Waals surface area contributed by atoms with E-state index in [4.69, 9.17) is 24.1 Å². The Morgan fingerprint density at radius 1 is 0.930 bits per heavy atom. The average molecular weight is 607 g/mol. The topological polar surface area (TPSA) is 134 Å². The van der Waals surface area contributed by atoms with Crippen molar-refractivity contribution in [2.75, 3.05) is 13.2 Å². The molecule has 0 saturated heterocycles. The van der Waals surface area contributed by atoms with Gasteiger partial charge in [-0.15, -0.1) is 0 Å². The van der Waals surface area contributed by atoms with Crippen LogP contribution >= 0.6 is 0 Å². The van der Waals surface area contributed by atoms with E-state index in [0.717, 1.165) is 11.1 Å². The predicted octanol–water partition coefficient (Wildman–Crippen LogP) is 5.65. The summed E-state index contributed by atoms with van der Waals surface area (Å²) in [5.41, 5.74) is 4.01. The number of benzene rings is 3. The molecule has 5 aromatic rings. The van der Waals surface area contributed by atoms with Gasteiger partial charge < -0.3 is 23.6 Å². The van der Waals surface area contributed by atoms with Crippen LogP contribution in [0.2, 0.25) is 0 Å². The quantitative estimate of drug-likeness (QED) is 0.233. The van der Waals surface area contributed by atoms with Gasteiger partial charge in [0.15, 0.2) is 0 Å². The fraction of sp³-hybridized carbons (Fsp3) is 0.219. The van der Waals surface area contributed by atoms with Gasteiger partial charge in [-0.2, -0.15) is 0 Å². The third-order valence-corrected chi connectivity index (χ3v) is 8.05. The lowest BCUT2D eigenvalue weighted by Gasteiger charge is -2.17. The summed E-state index contributed by atoms with van der Waals surface area (Å²) in [6, 6.07) is 12.2. The molecule has 3 N–H and O–H groups in total. The van der Waals surface area contributed by atoms with Crippen molar-refractivity contribution in [1.29, 1.82) is 0 Å². The summed E-state index contributed by atoms with van der Waals surface area (Å²) in [5.74, 6) is 1.31. The standard InChI is InChI=1S/C32H31FN2O7S/c1-17-10-21(11-18(2)29(17)40-9-8-36)28-15-25-31(42-28)26(16-35(5)32(25)37)24-14-23(43(34,38)39)6-7-27(24)41-30-19(3)12-22(33)13-20(30)4/h6-7,10-16,36H,8-9H2,1-5H3,(H2,34,38,39). The van der Waals surface area contributed by atoms with Gasteiger partial charge in [0, 0.05) is 29.9 Å². The summed E-state index contributed by atoms with van der Waals surface area (Å²) < 4.78 is 58.4. The number of aryl methyl sites for hydroxylation is 5. The number of ether oxygens (including phenoxy) is 2. The van der Waals surface area contributed by atoms with Crippen LogP contribution in [0.1, 0.15) is 22.3 Å². The molecule has 0 bridgehead atoms. The highest BCUT2D eigenvalue weighted by Gasteiger charge is 2.22. The minimum atomic E-state index is -4.11. The van der Waals surface area contributed by atoms with E-state index in [1.54, 1.807) is 33.2 Å². The van der Waals surface area contributed by atoms with E-state index in [-0.39, 0.29) is 40.4 Å². The Kier molecular flexibility index (Phi) is 7.91. The van der Waals surface area contributed by atoms with Gasteiger partial charge in [0.2, 0.25) is 10.0 Å². The number of furan rings is 1. The molecule has 2 aromatic heterocycles. The van der Waals surface area contributed by atoms with E-state index < -0.39 is 15.8 Å². The van der Waals surface area contributed by atoms with Gasteiger partial charge in [-0.25, -0.2) is 17.9 Å². The molecule has 0 aliphatic heterocycles. The molecule has 0 radical (unpaired) electrons. The Labute approximate surface area is 248 Å². The van der Waals surface area contributed by atoms with Crippen molar-refractivity contribution in [2.24, 2.45) is 12.2 Å². The maximum absolute atomic E-state index is 14.0. The Morgan fingerprint density at radius 3 is 2.16 bits per heavy atom. The highest BCUT2D eigenvalue weighted by molar-refractivity contribution is 7.89. The molecule has 0 aliphatic rings. The zero-order valence-corrected chi connectivity index (χ0v) is 25.1. The van der Waals surface area contributed by atoms with E-state index in [9.17, 15) is 17.6 Å². The van der Waals surface area contributed by atoms with Crippen LogP contribution < -0.4 is 20.2 Å². The van der Waals surface area contributed by atoms with Gasteiger partial charge in [-0.1, -0.05) is 0 Å². The van der Waals surface area contributed by atoms with E-state index in [2.05, 4.69) is 0 Å². The fourth-order valence-corrected chi connectivity index (χ4v) is 5.75. The van der Waals surface area contributed by atoms with Gasteiger partial charge in [-0.3, -0.25) is 4.79 Å². The van der Waals surface area contributed by atoms with Gasteiger partial charge in [0.25, 0.3) is 5.56 Å². The number of rotatable bonds is 8. The predicted molar refractivity (Wildman–Crippen MR) is 162 cm³/mol. The van der Waals surface area contributed by atoms with Crippen molar-refractivity contribution < 1.29 is 31.8 Å². The van der Waals surface area contributed by atoms with Crippen LogP contribution in [0.5, 0.6) is 17.2 Å². The zero-order valence-electron chi connectivity index (χ0n) is 24.3. The summed E-state index contributed by atoms with van der Waals surface area (Å²) in [6.45, 7) is 7.20. The van der Waals surface area contributed by atoms with Crippen molar-refractivity contribution in [3.05, 3.63) is 93.2 Å². The lowest BCUT2D eigenvalue weighted by molar-refractivity contribution is 0.200. The number of pyridine rings is 1. The lowest BCUT2D eigenvalue weighted by atomic mass is 10.0. The summed E-state index contributed by atoms with van der Waals surface area (Å²) in [4.78, 5) is 13.1. The zero-order chi connectivity index (χ0) is 31.2. The monoisotopic (exact) mass is 606 g/mol. The first-order valence-electron chi connectivity index (χ1n) is 13.4. The van der Waals surface area contributed by atoms with Crippen molar-refractivity contribution in [3.63, 3.8) is 0 Å². The molecule has 0 amide bonds. The van der Waals surface area contributed by atoms with Crippen molar-refractivity contribution >= 4 is 21.0 Å². The summed E-state index contributed by atoms with van der Waals surface area (Å²) >= 11 is 0. The first kappa shape index (κ1) is 30.0. The van der Waals surface area contributed by atoms with Crippen LogP contribution in [0.4, 0.5) is 4.39 Å². The second-order valence-electron chi connectivity index (χ2n) is 10.5. The largest absolute Gasteiger partial charge is 0.491 e. The number of hydrogen-bond acceptors (Lipinski definition) is 7. The number of primary sulfonamides is 1. The van der Waals surface area contributed by atoms with Gasteiger partial charge in [0.05, 0.1) is 16.9 Å². The molecule has 0 aliphatic carbocycles. The minimum absolute atomic E-state index is 0.116. The minimum Gasteiger partial charge on any atom is -0.491 e. The number of aliphatic hydroxyl groups is 1. The van der Waals surface area contributed by atoms with Crippen LogP contribution in [0.3, 0.4) is 0 Å². The van der Waals surface area contributed by atoms with Crippen LogP contribution in [0.15, 0.2) is 68.8 Å². The van der Waals surface area contributed by atoms with Crippen LogP contribution in [-0.2, 0) is 17.1 Å². The van der Waals surface area contributed by atoms with Crippen molar-refractivity contribution in [3.8, 4) is 39.7 Å². The molecule has 2 heterocycles. The summed E-state index contributed by atoms with van der Waals surface area (Å²) in [6.07, 6.45) is 1.54. The maximum Gasteiger partial charge on any atom is 0.261 e. The van der Waals surface area contributed by atoms with E-state index in [1.807, 2.05) is 26.0 Å². The Bertz CT molecular complexity index is 2020. The van der Waals surface area contributed by atoms with Crippen molar-refractivity contribution in [2.45, 2.75) is 32.6 Å². The maximum atomic E-state index is 14.0. The molecule has 0 saturated carbocycles. The van der Waals surface area contributed by atoms with E-state index in [1.165, 1.54) is 34.9 Å². The molecular weight excluding hydrogens is 575 g/mol. The lowest BCUT2D eigenvalue weighted by Crippen LogP contribution is -2.16. The van der Waals surface area contributed by atoms with Crippen molar-refractivity contribution in [1.82, 2.24) is 4.57 Å². The highest BCUT2D eigenvalue weighted by Crippen LogP contribution is 2.42. The Balaban J connectivity index is 1.74. The summed E-state index contributed by atoms with van der Waals surface area (Å²) in [7, 11) is -2.53. The number of nitrogens with two attached hydrogens (primary N) is 1. The highest BCUT2D eigenvalue weighted by atomic mass is 32.2. The number of nitrogens with zero attached hydrogens (tertiary/aromatic N) is 1. The molecule has 0 fully saturated rings. The molecule has 3 aromatic carbocycles. The van der Waals surface area contributed by atoms with Gasteiger partial charge in [0.1, 0.15) is 41.0 Å². The molecule has 224 valence electrons. The summed E-state index contributed by atoms with van der Waals surface area (Å²) in [5, 5.41) is 14.9. The number of fused-ring (bicyclic) bond motifs is 1. The van der Waals surface area contributed by atoms with E-state index >= 15 is 0 Å². The number of aliphatic hydroxyl groups excluding tert-OH is 1. The SMILES string of the molecule is Cc1cc(-c2cc3c(=O)n(C)cc(-c4cc(S(N)(=O)=O)ccc4Oc4c(C)cc(F)cc4C)c3o2)cc(C)c1OCCO. The van der Waals surface area contributed by atoms with Crippen LogP contribution in [0, 0.1) is 33.5 Å². The smallest absolute Gasteiger partial charge is 0.261 e. The third-order valence-electron chi connectivity index (χ3n) is 7.14. The third kappa shape index (κ3) is 5.79. The second-order valence-corrected chi connectivity index (χ2v) is 12.1. The molecule has 11 heteroatoms. The molecule has 0 unspecified atom stereocenters. The molecular formula is C32H31FN2O7S. The molecule has 0 atom stereocenters. The Hall–Kier alpha value is -4.45. The van der Waals surface area contributed by atoms with Crippen LogP contribution in [-0.4, -0.2) is 31.3 Å². The number of halogens is 1. The first-order valence-corrected chi connectivity index (χ1v) is 14.9.